The molecule has 186 valence electrons. The zero-order chi connectivity index (χ0) is 26.1. The molecule has 0 saturated carbocycles. The molecule has 3 aromatic rings. The third-order valence-corrected chi connectivity index (χ3v) is 3.62. The standard InChI is InChI=1S/3C7H10N2.3C2H6/c1-6(2)7-3-8-5-9-4-7;1-6(2)7-5-8-3-4-9-7;1-6(2)7-3-4-8-5-9-7;3*1-2/h3*3-6H,1-2H3;3*1-2H3. The summed E-state index contributed by atoms with van der Waals surface area (Å²) >= 11 is 0. The summed E-state index contributed by atoms with van der Waals surface area (Å²) in [5.41, 5.74) is 3.35. The van der Waals surface area contributed by atoms with Gasteiger partial charge in [0.05, 0.1) is 5.69 Å². The van der Waals surface area contributed by atoms with Gasteiger partial charge in [0.25, 0.3) is 0 Å². The van der Waals surface area contributed by atoms with Crippen molar-refractivity contribution in [2.24, 2.45) is 0 Å². The third-order valence-electron chi connectivity index (χ3n) is 3.62. The van der Waals surface area contributed by atoms with Crippen molar-refractivity contribution >= 4 is 0 Å². The minimum Gasteiger partial charge on any atom is -0.261 e. The Morgan fingerprint density at radius 2 is 1.03 bits per heavy atom. The fourth-order valence-electron chi connectivity index (χ4n) is 1.86. The van der Waals surface area contributed by atoms with E-state index in [2.05, 4.69) is 71.4 Å². The van der Waals surface area contributed by atoms with Crippen LogP contribution in [0.3, 0.4) is 0 Å². The number of hydrogen-bond donors (Lipinski definition) is 0. The van der Waals surface area contributed by atoms with Crippen molar-refractivity contribution in [2.75, 3.05) is 0 Å². The van der Waals surface area contributed by atoms with Crippen LogP contribution in [-0.2, 0) is 0 Å². The lowest BCUT2D eigenvalue weighted by atomic mass is 10.1. The molecule has 0 unspecified atom stereocenters. The van der Waals surface area contributed by atoms with Gasteiger partial charge in [-0.3, -0.25) is 9.97 Å². The van der Waals surface area contributed by atoms with Crippen LogP contribution in [0.25, 0.3) is 0 Å². The van der Waals surface area contributed by atoms with E-state index in [0.717, 1.165) is 11.4 Å². The summed E-state index contributed by atoms with van der Waals surface area (Å²) in [6.45, 7) is 24.7. The van der Waals surface area contributed by atoms with Crippen LogP contribution in [0.5, 0.6) is 0 Å². The molecule has 3 rings (SSSR count). The quantitative estimate of drug-likeness (QED) is 0.399. The van der Waals surface area contributed by atoms with Gasteiger partial charge in [-0.1, -0.05) is 83.1 Å². The lowest BCUT2D eigenvalue weighted by Gasteiger charge is -1.99. The largest absolute Gasteiger partial charge is 0.261 e. The molecule has 6 heteroatoms. The Bertz CT molecular complexity index is 614. The van der Waals surface area contributed by atoms with E-state index >= 15 is 0 Å². The first-order chi connectivity index (χ1) is 15.9. The van der Waals surface area contributed by atoms with Gasteiger partial charge < -0.3 is 0 Å². The van der Waals surface area contributed by atoms with E-state index in [-0.39, 0.29) is 0 Å². The lowest BCUT2D eigenvalue weighted by Crippen LogP contribution is -1.91. The topological polar surface area (TPSA) is 77.3 Å². The molecular weight excluding hydrogens is 408 g/mol. The van der Waals surface area contributed by atoms with Crippen molar-refractivity contribution in [1.29, 1.82) is 0 Å². The van der Waals surface area contributed by atoms with Gasteiger partial charge >= 0.3 is 0 Å². The summed E-state index contributed by atoms with van der Waals surface area (Å²) < 4.78 is 0. The fourth-order valence-corrected chi connectivity index (χ4v) is 1.86. The van der Waals surface area contributed by atoms with Crippen molar-refractivity contribution in [3.05, 3.63) is 72.9 Å². The molecule has 0 aliphatic rings. The summed E-state index contributed by atoms with van der Waals surface area (Å²) in [6.07, 6.45) is 13.8. The highest BCUT2D eigenvalue weighted by molar-refractivity contribution is 5.06. The summed E-state index contributed by atoms with van der Waals surface area (Å²) in [6, 6.07) is 1.94. The van der Waals surface area contributed by atoms with E-state index in [1.807, 2.05) is 60.0 Å². The smallest absolute Gasteiger partial charge is 0.115 e. The van der Waals surface area contributed by atoms with Gasteiger partial charge in [-0.05, 0) is 29.4 Å². The fraction of sp³-hybridized carbons (Fsp3) is 0.556. The van der Waals surface area contributed by atoms with Crippen LogP contribution in [-0.4, -0.2) is 29.9 Å². The maximum atomic E-state index is 4.12. The molecule has 33 heavy (non-hydrogen) atoms. The second kappa shape index (κ2) is 25.5. The second-order valence-electron chi connectivity index (χ2n) is 6.90. The highest BCUT2D eigenvalue weighted by Gasteiger charge is 1.97. The highest BCUT2D eigenvalue weighted by Crippen LogP contribution is 2.09. The van der Waals surface area contributed by atoms with Gasteiger partial charge in [-0.2, -0.15) is 0 Å². The molecule has 0 bridgehead atoms. The van der Waals surface area contributed by atoms with Crippen molar-refractivity contribution < 1.29 is 0 Å². The number of nitrogens with zero attached hydrogens (tertiary/aromatic N) is 6. The Balaban J connectivity index is -0.000000367. The molecule has 0 fully saturated rings. The minimum absolute atomic E-state index is 0.485. The van der Waals surface area contributed by atoms with Crippen LogP contribution in [0.15, 0.2) is 55.9 Å². The predicted octanol–water partition coefficient (Wildman–Crippen LogP) is 7.88. The monoisotopic (exact) mass is 456 g/mol. The van der Waals surface area contributed by atoms with E-state index in [0.29, 0.717) is 17.8 Å². The predicted molar refractivity (Wildman–Crippen MR) is 142 cm³/mol. The van der Waals surface area contributed by atoms with Crippen LogP contribution in [0.1, 0.15) is 118 Å². The summed E-state index contributed by atoms with van der Waals surface area (Å²) in [4.78, 5) is 23.7. The molecule has 6 nitrogen and oxygen atoms in total. The molecule has 0 aliphatic heterocycles. The summed E-state index contributed by atoms with van der Waals surface area (Å²) in [5, 5.41) is 0. The van der Waals surface area contributed by atoms with E-state index in [4.69, 9.17) is 0 Å². The van der Waals surface area contributed by atoms with Crippen molar-refractivity contribution in [2.45, 2.75) is 101 Å². The van der Waals surface area contributed by atoms with Gasteiger partial charge in [0.2, 0.25) is 0 Å². The van der Waals surface area contributed by atoms with Gasteiger partial charge in [0.1, 0.15) is 12.7 Å². The maximum absolute atomic E-state index is 4.12. The molecule has 0 amide bonds. The third kappa shape index (κ3) is 19.6. The van der Waals surface area contributed by atoms with Crippen LogP contribution < -0.4 is 0 Å². The Morgan fingerprint density at radius 3 is 1.30 bits per heavy atom. The number of aromatic nitrogens is 6. The Morgan fingerprint density at radius 1 is 0.485 bits per heavy atom. The van der Waals surface area contributed by atoms with Gasteiger partial charge in [0, 0.05) is 42.9 Å². The second-order valence-corrected chi connectivity index (χ2v) is 6.90. The first-order valence-electron chi connectivity index (χ1n) is 12.2. The normalized spacial score (nSPS) is 8.82. The average Bonchev–Trinajstić information content (AvgIpc) is 2.90. The molecule has 0 radical (unpaired) electrons. The molecule has 3 heterocycles. The van der Waals surface area contributed by atoms with E-state index in [1.165, 1.54) is 5.56 Å². The first-order valence-corrected chi connectivity index (χ1v) is 12.2. The average molecular weight is 457 g/mol. The number of hydrogen-bond acceptors (Lipinski definition) is 6. The molecule has 0 saturated heterocycles. The van der Waals surface area contributed by atoms with Gasteiger partial charge in [-0.25, -0.2) is 19.9 Å². The Kier molecular flexibility index (Phi) is 26.9. The highest BCUT2D eigenvalue weighted by atomic mass is 14.8. The van der Waals surface area contributed by atoms with E-state index in [9.17, 15) is 0 Å². The van der Waals surface area contributed by atoms with Gasteiger partial charge in [-0.15, -0.1) is 0 Å². The Hall–Kier alpha value is -2.76. The molecule has 0 aliphatic carbocycles. The number of rotatable bonds is 3. The lowest BCUT2D eigenvalue weighted by molar-refractivity contribution is 0.812. The SMILES string of the molecule is CC.CC.CC.CC(C)c1ccncn1.CC(C)c1cnccn1.CC(C)c1cncnc1. The van der Waals surface area contributed by atoms with E-state index < -0.39 is 0 Å². The Labute approximate surface area is 203 Å². The van der Waals surface area contributed by atoms with Crippen LogP contribution in [0.2, 0.25) is 0 Å². The van der Waals surface area contributed by atoms with Crippen LogP contribution in [0, 0.1) is 0 Å². The zero-order valence-electron chi connectivity index (χ0n) is 23.1. The van der Waals surface area contributed by atoms with E-state index in [1.54, 1.807) is 37.4 Å². The van der Waals surface area contributed by atoms with Crippen LogP contribution >= 0.6 is 0 Å². The molecule has 0 atom stereocenters. The van der Waals surface area contributed by atoms with Crippen molar-refractivity contribution in [3.8, 4) is 0 Å². The molecule has 3 aromatic heterocycles. The first kappa shape index (κ1) is 34.8. The zero-order valence-corrected chi connectivity index (χ0v) is 23.1. The van der Waals surface area contributed by atoms with Crippen LogP contribution in [0.4, 0.5) is 0 Å². The van der Waals surface area contributed by atoms with Crippen molar-refractivity contribution in [1.82, 2.24) is 29.9 Å². The molecule has 0 spiro atoms. The molecule has 0 aromatic carbocycles. The minimum atomic E-state index is 0.485. The summed E-state index contributed by atoms with van der Waals surface area (Å²) in [7, 11) is 0. The summed E-state index contributed by atoms with van der Waals surface area (Å²) in [5.74, 6) is 1.53. The van der Waals surface area contributed by atoms with Gasteiger partial charge in [0.15, 0.2) is 0 Å². The molecular formula is C27H48N6. The molecule has 0 N–H and O–H groups in total. The van der Waals surface area contributed by atoms with Crippen molar-refractivity contribution in [3.63, 3.8) is 0 Å². The maximum Gasteiger partial charge on any atom is 0.115 e.